The highest BCUT2D eigenvalue weighted by Gasteiger charge is 2.31. The van der Waals surface area contributed by atoms with Gasteiger partial charge in [-0.2, -0.15) is 0 Å². The minimum Gasteiger partial charge on any atom is -0.496 e. The lowest BCUT2D eigenvalue weighted by Gasteiger charge is -2.30. The Hall–Kier alpha value is -4.13. The molecular formula is C25H21FN2O4. The number of methoxy groups -OCH3 is 1. The molecule has 0 unspecified atom stereocenters. The maximum absolute atomic E-state index is 13.6. The first kappa shape index (κ1) is 21.1. The first-order valence-corrected chi connectivity index (χ1v) is 10.00. The molecule has 32 heavy (non-hydrogen) atoms. The number of benzene rings is 3. The quantitative estimate of drug-likeness (QED) is 0.600. The highest BCUT2D eigenvalue weighted by atomic mass is 19.1. The maximum Gasteiger partial charge on any atom is 0.294 e. The van der Waals surface area contributed by atoms with Crippen molar-refractivity contribution in [2.24, 2.45) is 0 Å². The lowest BCUT2D eigenvalue weighted by atomic mass is 10.1. The standard InChI is InChI=1S/C25H21FN2O4/c1-31-21-11-4-2-8-18(21)15-27-24(29)16-28-20-10-3-5-12-22(20)32-23(25(28)30)14-17-7-6-9-19(26)13-17/h2-14H,15-16H2,1H3,(H,27,29)/b23-14+. The number of nitrogens with zero attached hydrogens (tertiary/aromatic N) is 1. The third-order valence-corrected chi connectivity index (χ3v) is 4.95. The summed E-state index contributed by atoms with van der Waals surface area (Å²) in [5.41, 5.74) is 1.79. The van der Waals surface area contributed by atoms with E-state index in [2.05, 4.69) is 5.32 Å². The summed E-state index contributed by atoms with van der Waals surface area (Å²) in [5.74, 6) is -0.137. The Balaban J connectivity index is 1.55. The number of amides is 2. The number of rotatable bonds is 6. The van der Waals surface area contributed by atoms with E-state index >= 15 is 0 Å². The molecule has 7 heteroatoms. The topological polar surface area (TPSA) is 67.9 Å². The van der Waals surface area contributed by atoms with Crippen molar-refractivity contribution in [3.8, 4) is 11.5 Å². The smallest absolute Gasteiger partial charge is 0.294 e. The van der Waals surface area contributed by atoms with Crippen LogP contribution in [0.4, 0.5) is 10.1 Å². The van der Waals surface area contributed by atoms with Gasteiger partial charge in [-0.3, -0.25) is 14.5 Å². The number of halogens is 1. The van der Waals surface area contributed by atoms with Gasteiger partial charge in [0.2, 0.25) is 5.91 Å². The van der Waals surface area contributed by atoms with Gasteiger partial charge in [-0.25, -0.2) is 4.39 Å². The third kappa shape index (κ3) is 4.62. The van der Waals surface area contributed by atoms with Crippen LogP contribution in [0.5, 0.6) is 11.5 Å². The third-order valence-electron chi connectivity index (χ3n) is 4.95. The van der Waals surface area contributed by atoms with E-state index in [1.54, 1.807) is 43.5 Å². The number of carbonyl (C=O) groups is 2. The van der Waals surface area contributed by atoms with Gasteiger partial charge >= 0.3 is 0 Å². The molecule has 0 fully saturated rings. The van der Waals surface area contributed by atoms with Gasteiger partial charge in [0, 0.05) is 12.1 Å². The summed E-state index contributed by atoms with van der Waals surface area (Å²) >= 11 is 0. The summed E-state index contributed by atoms with van der Waals surface area (Å²) in [4.78, 5) is 27.2. The molecule has 3 aromatic carbocycles. The highest BCUT2D eigenvalue weighted by molar-refractivity contribution is 6.12. The molecule has 162 valence electrons. The fourth-order valence-corrected chi connectivity index (χ4v) is 3.41. The van der Waals surface area contributed by atoms with Crippen molar-refractivity contribution in [2.75, 3.05) is 18.6 Å². The van der Waals surface area contributed by atoms with E-state index in [1.165, 1.54) is 23.1 Å². The predicted octanol–water partition coefficient (Wildman–Crippen LogP) is 3.92. The van der Waals surface area contributed by atoms with Gasteiger partial charge in [0.15, 0.2) is 11.5 Å². The van der Waals surface area contributed by atoms with Crippen molar-refractivity contribution < 1.29 is 23.5 Å². The number of para-hydroxylation sites is 3. The van der Waals surface area contributed by atoms with Crippen LogP contribution in [0.3, 0.4) is 0 Å². The van der Waals surface area contributed by atoms with Crippen LogP contribution >= 0.6 is 0 Å². The summed E-state index contributed by atoms with van der Waals surface area (Å²) in [7, 11) is 1.57. The second kappa shape index (κ2) is 9.34. The van der Waals surface area contributed by atoms with E-state index in [0.29, 0.717) is 22.7 Å². The van der Waals surface area contributed by atoms with Crippen LogP contribution in [-0.2, 0) is 16.1 Å². The zero-order valence-corrected chi connectivity index (χ0v) is 17.4. The molecule has 0 bridgehead atoms. The number of hydrogen-bond acceptors (Lipinski definition) is 4. The first-order chi connectivity index (χ1) is 15.5. The molecule has 1 aliphatic heterocycles. The number of hydrogen-bond donors (Lipinski definition) is 1. The fraction of sp³-hybridized carbons (Fsp3) is 0.120. The zero-order valence-electron chi connectivity index (χ0n) is 17.4. The number of carbonyl (C=O) groups excluding carboxylic acids is 2. The van der Waals surface area contributed by atoms with Crippen molar-refractivity contribution in [3.63, 3.8) is 0 Å². The van der Waals surface area contributed by atoms with Gasteiger partial charge in [-0.1, -0.05) is 42.5 Å². The molecule has 3 aromatic rings. The predicted molar refractivity (Wildman–Crippen MR) is 119 cm³/mol. The summed E-state index contributed by atoms with van der Waals surface area (Å²) in [6.45, 7) is 0.0594. The van der Waals surface area contributed by atoms with Crippen LogP contribution < -0.4 is 19.7 Å². The Morgan fingerprint density at radius 2 is 1.88 bits per heavy atom. The van der Waals surface area contributed by atoms with Crippen molar-refractivity contribution >= 4 is 23.6 Å². The zero-order chi connectivity index (χ0) is 22.5. The van der Waals surface area contributed by atoms with Crippen molar-refractivity contribution in [1.82, 2.24) is 5.32 Å². The monoisotopic (exact) mass is 432 g/mol. The summed E-state index contributed by atoms with van der Waals surface area (Å²) in [5, 5.41) is 2.82. The second-order valence-electron chi connectivity index (χ2n) is 7.11. The lowest BCUT2D eigenvalue weighted by molar-refractivity contribution is -0.123. The minimum atomic E-state index is -0.486. The molecule has 2 amide bonds. The van der Waals surface area contributed by atoms with E-state index in [-0.39, 0.29) is 24.8 Å². The number of fused-ring (bicyclic) bond motifs is 1. The van der Waals surface area contributed by atoms with E-state index in [0.717, 1.165) is 5.56 Å². The Bertz CT molecular complexity index is 1190. The summed E-state index contributed by atoms with van der Waals surface area (Å²) in [6.07, 6.45) is 1.46. The van der Waals surface area contributed by atoms with E-state index in [4.69, 9.17) is 9.47 Å². The van der Waals surface area contributed by atoms with Crippen LogP contribution in [0.1, 0.15) is 11.1 Å². The summed E-state index contributed by atoms with van der Waals surface area (Å²) < 4.78 is 24.6. The average Bonchev–Trinajstić information content (AvgIpc) is 2.80. The number of ether oxygens (including phenoxy) is 2. The minimum absolute atomic E-state index is 0.00632. The van der Waals surface area contributed by atoms with Crippen LogP contribution in [0.25, 0.3) is 6.08 Å². The van der Waals surface area contributed by atoms with E-state index in [1.807, 2.05) is 24.3 Å². The van der Waals surface area contributed by atoms with Crippen LogP contribution in [0.15, 0.2) is 78.6 Å². The Morgan fingerprint density at radius 1 is 1.09 bits per heavy atom. The van der Waals surface area contributed by atoms with Gasteiger partial charge in [0.05, 0.1) is 12.8 Å². The van der Waals surface area contributed by atoms with Crippen molar-refractivity contribution in [2.45, 2.75) is 6.54 Å². The Kier molecular flexibility index (Phi) is 6.17. The molecule has 6 nitrogen and oxygen atoms in total. The summed E-state index contributed by atoms with van der Waals surface area (Å²) in [6, 6.07) is 20.2. The molecule has 0 aliphatic carbocycles. The average molecular weight is 432 g/mol. The largest absolute Gasteiger partial charge is 0.496 e. The van der Waals surface area contributed by atoms with E-state index in [9.17, 15) is 14.0 Å². The van der Waals surface area contributed by atoms with Crippen LogP contribution in [0, 0.1) is 5.82 Å². The molecule has 0 saturated heterocycles. The molecule has 0 spiro atoms. The molecule has 0 radical (unpaired) electrons. The second-order valence-corrected chi connectivity index (χ2v) is 7.11. The molecule has 1 aliphatic rings. The molecule has 0 atom stereocenters. The highest BCUT2D eigenvalue weighted by Crippen LogP contribution is 2.35. The maximum atomic E-state index is 13.6. The molecule has 1 heterocycles. The number of nitrogens with one attached hydrogen (secondary N) is 1. The molecule has 1 N–H and O–H groups in total. The Morgan fingerprint density at radius 3 is 2.69 bits per heavy atom. The van der Waals surface area contributed by atoms with Crippen LogP contribution in [-0.4, -0.2) is 25.5 Å². The lowest BCUT2D eigenvalue weighted by Crippen LogP contribution is -2.44. The fourth-order valence-electron chi connectivity index (χ4n) is 3.41. The molecule has 4 rings (SSSR count). The van der Waals surface area contributed by atoms with Gasteiger partial charge in [-0.15, -0.1) is 0 Å². The van der Waals surface area contributed by atoms with Gasteiger partial charge in [0.1, 0.15) is 18.1 Å². The normalized spacial score (nSPS) is 14.0. The molecule has 0 saturated carbocycles. The van der Waals surface area contributed by atoms with E-state index < -0.39 is 11.7 Å². The van der Waals surface area contributed by atoms with Crippen LogP contribution in [0.2, 0.25) is 0 Å². The van der Waals surface area contributed by atoms with Gasteiger partial charge in [0.25, 0.3) is 5.91 Å². The van der Waals surface area contributed by atoms with Gasteiger partial charge < -0.3 is 14.8 Å². The number of anilines is 1. The molecule has 0 aromatic heterocycles. The first-order valence-electron chi connectivity index (χ1n) is 10.00. The van der Waals surface area contributed by atoms with Crippen molar-refractivity contribution in [3.05, 3.63) is 95.5 Å². The van der Waals surface area contributed by atoms with Gasteiger partial charge in [-0.05, 0) is 42.0 Å². The van der Waals surface area contributed by atoms with Crippen molar-refractivity contribution in [1.29, 1.82) is 0 Å². The SMILES string of the molecule is COc1ccccc1CNC(=O)CN1C(=O)/C(=C\c2cccc(F)c2)Oc2ccccc21. The Labute approximate surface area is 184 Å². The molecular weight excluding hydrogens is 411 g/mol.